The van der Waals surface area contributed by atoms with Gasteiger partial charge >= 0.3 is 0 Å². The number of Topliss-reactive ketones (excluding diaryl/α,β-unsaturated/α-hetero) is 1. The first kappa shape index (κ1) is 10.7. The predicted octanol–water partition coefficient (Wildman–Crippen LogP) is 2.35. The lowest BCUT2D eigenvalue weighted by molar-refractivity contribution is 0.101. The molecule has 0 unspecified atom stereocenters. The van der Waals surface area contributed by atoms with Gasteiger partial charge in [-0.1, -0.05) is 0 Å². The van der Waals surface area contributed by atoms with E-state index in [0.29, 0.717) is 23.4 Å². The van der Waals surface area contributed by atoms with Gasteiger partial charge in [0.2, 0.25) is 5.88 Å². The summed E-state index contributed by atoms with van der Waals surface area (Å²) in [7, 11) is 0. The lowest BCUT2D eigenvalue weighted by atomic mass is 10.2. The van der Waals surface area contributed by atoms with Crippen molar-refractivity contribution in [1.82, 2.24) is 9.97 Å². The second-order valence-corrected chi connectivity index (χ2v) is 5.03. The van der Waals surface area contributed by atoms with Gasteiger partial charge in [0.05, 0.1) is 12.8 Å². The average molecular weight is 232 g/mol. The van der Waals surface area contributed by atoms with Gasteiger partial charge in [-0.2, -0.15) is 0 Å². The molecule has 3 rings (SSSR count). The number of aromatic nitrogens is 2. The summed E-state index contributed by atoms with van der Waals surface area (Å²) >= 11 is 0. The SMILES string of the molecule is CC(=O)c1cnc(C2CC2)c(OCC2CC2)n1. The molecule has 2 aliphatic carbocycles. The minimum atomic E-state index is -0.0591. The van der Waals surface area contributed by atoms with Crippen LogP contribution in [0.4, 0.5) is 0 Å². The maximum Gasteiger partial charge on any atom is 0.236 e. The van der Waals surface area contributed by atoms with Crippen molar-refractivity contribution >= 4 is 5.78 Å². The number of hydrogen-bond acceptors (Lipinski definition) is 4. The van der Waals surface area contributed by atoms with Crippen molar-refractivity contribution in [3.05, 3.63) is 17.6 Å². The van der Waals surface area contributed by atoms with Gasteiger partial charge in [0.15, 0.2) is 5.78 Å². The Hall–Kier alpha value is -1.45. The molecule has 2 aliphatic rings. The van der Waals surface area contributed by atoms with E-state index >= 15 is 0 Å². The van der Waals surface area contributed by atoms with Gasteiger partial charge in [-0.25, -0.2) is 4.98 Å². The molecular weight excluding hydrogens is 216 g/mol. The average Bonchev–Trinajstić information content (AvgIpc) is 3.16. The molecule has 17 heavy (non-hydrogen) atoms. The second kappa shape index (κ2) is 4.09. The monoisotopic (exact) mass is 232 g/mol. The zero-order valence-electron chi connectivity index (χ0n) is 9.98. The van der Waals surface area contributed by atoms with E-state index in [0.717, 1.165) is 25.1 Å². The molecule has 0 radical (unpaired) electrons. The van der Waals surface area contributed by atoms with Crippen molar-refractivity contribution in [3.63, 3.8) is 0 Å². The van der Waals surface area contributed by atoms with Crippen molar-refractivity contribution < 1.29 is 9.53 Å². The molecular formula is C13H16N2O2. The molecule has 0 aliphatic heterocycles. The van der Waals surface area contributed by atoms with Crippen molar-refractivity contribution in [2.24, 2.45) is 5.92 Å². The van der Waals surface area contributed by atoms with Crippen LogP contribution in [0.2, 0.25) is 0 Å². The summed E-state index contributed by atoms with van der Waals surface area (Å²) in [5, 5.41) is 0. The third-order valence-electron chi connectivity index (χ3n) is 3.24. The van der Waals surface area contributed by atoms with Crippen LogP contribution in [-0.4, -0.2) is 22.4 Å². The highest BCUT2D eigenvalue weighted by atomic mass is 16.5. The molecule has 0 bridgehead atoms. The maximum absolute atomic E-state index is 11.3. The molecule has 2 fully saturated rings. The van der Waals surface area contributed by atoms with Crippen molar-refractivity contribution in [2.45, 2.75) is 38.5 Å². The summed E-state index contributed by atoms with van der Waals surface area (Å²) in [6.45, 7) is 2.22. The summed E-state index contributed by atoms with van der Waals surface area (Å²) in [6.07, 6.45) is 6.39. The zero-order valence-corrected chi connectivity index (χ0v) is 9.98. The number of carbonyl (C=O) groups excluding carboxylic acids is 1. The summed E-state index contributed by atoms with van der Waals surface area (Å²) < 4.78 is 5.73. The standard InChI is InChI=1S/C13H16N2O2/c1-8(16)11-6-14-12(10-4-5-10)13(15-11)17-7-9-2-3-9/h6,9-10H,2-5,7H2,1H3. The Morgan fingerprint density at radius 2 is 2.18 bits per heavy atom. The Morgan fingerprint density at radius 3 is 2.76 bits per heavy atom. The molecule has 0 N–H and O–H groups in total. The Balaban J connectivity index is 1.83. The number of hydrogen-bond donors (Lipinski definition) is 0. The fourth-order valence-corrected chi connectivity index (χ4v) is 1.78. The number of rotatable bonds is 5. The topological polar surface area (TPSA) is 52.1 Å². The van der Waals surface area contributed by atoms with E-state index in [2.05, 4.69) is 9.97 Å². The normalized spacial score (nSPS) is 19.1. The Kier molecular flexibility index (Phi) is 2.57. The van der Waals surface area contributed by atoms with E-state index < -0.39 is 0 Å². The Bertz CT molecular complexity index is 451. The predicted molar refractivity (Wildman–Crippen MR) is 62.2 cm³/mol. The highest BCUT2D eigenvalue weighted by Crippen LogP contribution is 2.42. The van der Waals surface area contributed by atoms with Crippen LogP contribution >= 0.6 is 0 Å². The first-order chi connectivity index (χ1) is 8.24. The first-order valence-corrected chi connectivity index (χ1v) is 6.24. The van der Waals surface area contributed by atoms with Gasteiger partial charge < -0.3 is 4.74 Å². The molecule has 0 aromatic carbocycles. The van der Waals surface area contributed by atoms with Crippen LogP contribution < -0.4 is 4.74 Å². The number of ketones is 1. The number of ether oxygens (including phenoxy) is 1. The van der Waals surface area contributed by atoms with E-state index in [1.54, 1.807) is 6.20 Å². The Morgan fingerprint density at radius 1 is 1.41 bits per heavy atom. The summed E-state index contributed by atoms with van der Waals surface area (Å²) in [5.41, 5.74) is 1.34. The Labute approximate surface area is 100 Å². The van der Waals surface area contributed by atoms with Gasteiger partial charge in [-0.15, -0.1) is 0 Å². The van der Waals surface area contributed by atoms with Crippen molar-refractivity contribution in [3.8, 4) is 5.88 Å². The molecule has 1 heterocycles. The van der Waals surface area contributed by atoms with E-state index in [4.69, 9.17) is 4.74 Å². The molecule has 0 spiro atoms. The van der Waals surface area contributed by atoms with Gasteiger partial charge in [0.25, 0.3) is 0 Å². The van der Waals surface area contributed by atoms with E-state index in [1.165, 1.54) is 19.8 Å². The second-order valence-electron chi connectivity index (χ2n) is 5.03. The summed E-state index contributed by atoms with van der Waals surface area (Å²) in [6, 6.07) is 0. The lowest BCUT2D eigenvalue weighted by Gasteiger charge is -2.09. The van der Waals surface area contributed by atoms with Gasteiger partial charge in [-0.3, -0.25) is 9.78 Å². The largest absolute Gasteiger partial charge is 0.476 e. The number of nitrogens with zero attached hydrogens (tertiary/aromatic N) is 2. The van der Waals surface area contributed by atoms with Crippen LogP contribution in [0.3, 0.4) is 0 Å². The van der Waals surface area contributed by atoms with E-state index in [1.807, 2.05) is 0 Å². The number of carbonyl (C=O) groups is 1. The highest BCUT2D eigenvalue weighted by molar-refractivity contribution is 5.91. The molecule has 0 atom stereocenters. The van der Waals surface area contributed by atoms with Crippen LogP contribution in [0, 0.1) is 5.92 Å². The molecule has 90 valence electrons. The third kappa shape index (κ3) is 2.46. The summed E-state index contributed by atoms with van der Waals surface area (Å²) in [4.78, 5) is 19.9. The van der Waals surface area contributed by atoms with Crippen LogP contribution in [0.1, 0.15) is 54.7 Å². The molecule has 0 saturated heterocycles. The zero-order chi connectivity index (χ0) is 11.8. The third-order valence-corrected chi connectivity index (χ3v) is 3.24. The van der Waals surface area contributed by atoms with E-state index in [9.17, 15) is 4.79 Å². The van der Waals surface area contributed by atoms with Crippen molar-refractivity contribution in [2.75, 3.05) is 6.61 Å². The van der Waals surface area contributed by atoms with E-state index in [-0.39, 0.29) is 5.78 Å². The lowest BCUT2D eigenvalue weighted by Crippen LogP contribution is -2.08. The van der Waals surface area contributed by atoms with Crippen LogP contribution in [-0.2, 0) is 0 Å². The van der Waals surface area contributed by atoms with Crippen molar-refractivity contribution in [1.29, 1.82) is 0 Å². The fourth-order valence-electron chi connectivity index (χ4n) is 1.78. The molecule has 4 heteroatoms. The summed E-state index contributed by atoms with van der Waals surface area (Å²) in [5.74, 6) is 1.71. The highest BCUT2D eigenvalue weighted by Gasteiger charge is 2.31. The molecule has 4 nitrogen and oxygen atoms in total. The van der Waals surface area contributed by atoms with Gasteiger partial charge in [0, 0.05) is 12.8 Å². The first-order valence-electron chi connectivity index (χ1n) is 6.24. The quantitative estimate of drug-likeness (QED) is 0.731. The molecule has 1 aromatic heterocycles. The van der Waals surface area contributed by atoms with Gasteiger partial charge in [0.1, 0.15) is 11.4 Å². The minimum absolute atomic E-state index is 0.0591. The molecule has 1 aromatic rings. The van der Waals surface area contributed by atoms with Crippen LogP contribution in [0.5, 0.6) is 5.88 Å². The fraction of sp³-hybridized carbons (Fsp3) is 0.615. The van der Waals surface area contributed by atoms with Crippen LogP contribution in [0.25, 0.3) is 0 Å². The van der Waals surface area contributed by atoms with Gasteiger partial charge in [-0.05, 0) is 31.6 Å². The minimum Gasteiger partial charge on any atom is -0.476 e. The van der Waals surface area contributed by atoms with Crippen LogP contribution in [0.15, 0.2) is 6.20 Å². The molecule has 2 saturated carbocycles. The smallest absolute Gasteiger partial charge is 0.236 e. The molecule has 0 amide bonds. The maximum atomic E-state index is 11.3.